The summed E-state index contributed by atoms with van der Waals surface area (Å²) in [4.78, 5) is 16.2. The van der Waals surface area contributed by atoms with Crippen LogP contribution in [0.25, 0.3) is 10.9 Å². The van der Waals surface area contributed by atoms with Crippen LogP contribution in [-0.2, 0) is 0 Å². The van der Waals surface area contributed by atoms with Crippen molar-refractivity contribution in [2.24, 2.45) is 0 Å². The summed E-state index contributed by atoms with van der Waals surface area (Å²) >= 11 is 0. The van der Waals surface area contributed by atoms with Gasteiger partial charge in [0.05, 0.1) is 16.8 Å². The highest BCUT2D eigenvalue weighted by atomic mass is 19.1. The summed E-state index contributed by atoms with van der Waals surface area (Å²) in [5.74, 6) is -1.28. The summed E-state index contributed by atoms with van der Waals surface area (Å²) in [6.45, 7) is 1.66. The molecule has 0 bridgehead atoms. The van der Waals surface area contributed by atoms with Crippen LogP contribution in [0.15, 0.2) is 30.5 Å². The average Bonchev–Trinajstić information content (AvgIpc) is 2.86. The van der Waals surface area contributed by atoms with Crippen molar-refractivity contribution in [3.8, 4) is 6.07 Å². The number of nitrogens with one attached hydrogen (secondary N) is 2. The molecule has 2 N–H and O–H groups in total. The molecule has 0 unspecified atom stereocenters. The molecule has 2 aromatic heterocycles. The van der Waals surface area contributed by atoms with Crippen LogP contribution in [-0.4, -0.2) is 21.1 Å². The normalized spacial score (nSPS) is 10.4. The molecular weight excluding hydrogens is 285 g/mol. The van der Waals surface area contributed by atoms with E-state index in [-0.39, 0.29) is 16.9 Å². The van der Waals surface area contributed by atoms with Gasteiger partial charge in [-0.25, -0.2) is 4.39 Å². The molecule has 108 valence electrons. The van der Waals surface area contributed by atoms with E-state index in [2.05, 4.69) is 20.5 Å². The Morgan fingerprint density at radius 2 is 2.27 bits per heavy atom. The van der Waals surface area contributed by atoms with Gasteiger partial charge in [0.15, 0.2) is 5.82 Å². The van der Waals surface area contributed by atoms with Crippen molar-refractivity contribution in [2.45, 2.75) is 6.92 Å². The molecule has 3 rings (SSSR count). The first kappa shape index (κ1) is 13.7. The highest BCUT2D eigenvalue weighted by molar-refractivity contribution is 6.06. The van der Waals surface area contributed by atoms with E-state index in [0.717, 1.165) is 0 Å². The zero-order valence-electron chi connectivity index (χ0n) is 11.5. The molecule has 0 aliphatic heterocycles. The van der Waals surface area contributed by atoms with Crippen molar-refractivity contribution < 1.29 is 9.18 Å². The molecule has 22 heavy (non-hydrogen) atoms. The van der Waals surface area contributed by atoms with Gasteiger partial charge in [-0.3, -0.25) is 14.9 Å². The van der Waals surface area contributed by atoms with Gasteiger partial charge in [-0.15, -0.1) is 0 Å². The van der Waals surface area contributed by atoms with E-state index in [4.69, 9.17) is 5.26 Å². The van der Waals surface area contributed by atoms with Crippen LogP contribution in [0, 0.1) is 24.1 Å². The number of hydrogen-bond donors (Lipinski definition) is 2. The van der Waals surface area contributed by atoms with Crippen molar-refractivity contribution >= 4 is 22.6 Å². The number of aryl methyl sites for hydroxylation is 1. The summed E-state index contributed by atoms with van der Waals surface area (Å²) in [5, 5.41) is 18.5. The van der Waals surface area contributed by atoms with Crippen LogP contribution in [0.5, 0.6) is 0 Å². The molecule has 0 aliphatic rings. The summed E-state index contributed by atoms with van der Waals surface area (Å²) in [7, 11) is 0. The van der Waals surface area contributed by atoms with Crippen LogP contribution in [0.4, 0.5) is 10.2 Å². The number of benzene rings is 1. The van der Waals surface area contributed by atoms with Crippen LogP contribution < -0.4 is 5.32 Å². The first-order chi connectivity index (χ1) is 10.6. The van der Waals surface area contributed by atoms with Gasteiger partial charge < -0.3 is 5.32 Å². The maximum Gasteiger partial charge on any atom is 0.259 e. The Hall–Kier alpha value is -3.27. The Morgan fingerprint density at radius 1 is 1.45 bits per heavy atom. The number of amides is 1. The quantitative estimate of drug-likeness (QED) is 0.759. The smallest absolute Gasteiger partial charge is 0.259 e. The van der Waals surface area contributed by atoms with Gasteiger partial charge in [-0.1, -0.05) is 6.07 Å². The molecule has 0 fully saturated rings. The Bertz CT molecular complexity index is 925. The molecule has 3 aromatic rings. The molecule has 0 spiro atoms. The minimum absolute atomic E-state index is 0.0793. The van der Waals surface area contributed by atoms with Crippen molar-refractivity contribution in [2.75, 3.05) is 5.32 Å². The Kier molecular flexibility index (Phi) is 3.27. The number of rotatable bonds is 2. The maximum atomic E-state index is 14.1. The largest absolute Gasteiger partial charge is 0.304 e. The lowest BCUT2D eigenvalue weighted by molar-refractivity contribution is 0.102. The lowest BCUT2D eigenvalue weighted by Crippen LogP contribution is -2.15. The molecule has 0 saturated carbocycles. The monoisotopic (exact) mass is 295 g/mol. The minimum Gasteiger partial charge on any atom is -0.304 e. The van der Waals surface area contributed by atoms with Gasteiger partial charge >= 0.3 is 0 Å². The molecule has 6 nitrogen and oxygen atoms in total. The highest BCUT2D eigenvalue weighted by Gasteiger charge is 2.17. The molecular formula is C15H10FN5O. The van der Waals surface area contributed by atoms with E-state index in [1.54, 1.807) is 25.3 Å². The maximum absolute atomic E-state index is 14.1. The highest BCUT2D eigenvalue weighted by Crippen LogP contribution is 2.20. The second-order valence-electron chi connectivity index (χ2n) is 4.67. The third-order valence-corrected chi connectivity index (χ3v) is 3.23. The minimum atomic E-state index is -0.686. The Labute approximate surface area is 124 Å². The molecule has 1 aromatic carbocycles. The van der Waals surface area contributed by atoms with Gasteiger partial charge in [0.1, 0.15) is 17.4 Å². The summed E-state index contributed by atoms with van der Waals surface area (Å²) in [6, 6.07) is 7.98. The van der Waals surface area contributed by atoms with Crippen LogP contribution in [0.1, 0.15) is 21.6 Å². The zero-order chi connectivity index (χ0) is 15.7. The predicted octanol–water partition coefficient (Wildman–Crippen LogP) is 2.53. The summed E-state index contributed by atoms with van der Waals surface area (Å²) < 4.78 is 14.1. The number of carbonyl (C=O) groups is 1. The number of pyridine rings is 1. The average molecular weight is 295 g/mol. The van der Waals surface area contributed by atoms with Gasteiger partial charge in [-0.2, -0.15) is 10.4 Å². The van der Waals surface area contributed by atoms with E-state index < -0.39 is 11.7 Å². The van der Waals surface area contributed by atoms with Crippen molar-refractivity contribution in [3.63, 3.8) is 0 Å². The number of fused-ring (bicyclic) bond motifs is 1. The topological polar surface area (TPSA) is 94.5 Å². The second-order valence-corrected chi connectivity index (χ2v) is 4.67. The van der Waals surface area contributed by atoms with Crippen LogP contribution >= 0.6 is 0 Å². The van der Waals surface area contributed by atoms with Gasteiger partial charge in [0.2, 0.25) is 0 Å². The van der Waals surface area contributed by atoms with E-state index in [9.17, 15) is 9.18 Å². The van der Waals surface area contributed by atoms with E-state index in [0.29, 0.717) is 16.6 Å². The Morgan fingerprint density at radius 3 is 3.05 bits per heavy atom. The van der Waals surface area contributed by atoms with E-state index in [1.807, 2.05) is 6.07 Å². The first-order valence-corrected chi connectivity index (χ1v) is 6.41. The Balaban J connectivity index is 1.98. The lowest BCUT2D eigenvalue weighted by atomic mass is 10.1. The fourth-order valence-electron chi connectivity index (χ4n) is 2.10. The fraction of sp³-hybridized carbons (Fsp3) is 0.0667. The molecule has 0 saturated heterocycles. The third-order valence-electron chi connectivity index (χ3n) is 3.23. The van der Waals surface area contributed by atoms with Crippen molar-refractivity contribution in [1.82, 2.24) is 15.2 Å². The van der Waals surface area contributed by atoms with Crippen LogP contribution in [0.2, 0.25) is 0 Å². The number of carbonyl (C=O) groups excluding carboxylic acids is 1. The number of anilines is 1. The fourth-order valence-corrected chi connectivity index (χ4v) is 2.10. The molecule has 1 amide bonds. The molecule has 0 aliphatic carbocycles. The molecule has 0 atom stereocenters. The zero-order valence-corrected chi connectivity index (χ0v) is 11.5. The number of aromatic amines is 1. The summed E-state index contributed by atoms with van der Waals surface area (Å²) in [6.07, 6.45) is 1.55. The van der Waals surface area contributed by atoms with E-state index >= 15 is 0 Å². The van der Waals surface area contributed by atoms with Gasteiger partial charge in [0.25, 0.3) is 5.91 Å². The molecule has 2 heterocycles. The predicted molar refractivity (Wildman–Crippen MR) is 77.7 cm³/mol. The van der Waals surface area contributed by atoms with Crippen molar-refractivity contribution in [1.29, 1.82) is 5.26 Å². The molecule has 7 heteroatoms. The van der Waals surface area contributed by atoms with Gasteiger partial charge in [-0.05, 0) is 19.1 Å². The number of hydrogen-bond acceptors (Lipinski definition) is 4. The number of nitriles is 1. The molecule has 0 radical (unpaired) electrons. The number of nitrogens with zero attached hydrogens (tertiary/aromatic N) is 3. The standard InChI is InChI=1S/C15H10FN5O/c1-8-11(7-17)14(21-20-8)19-15(22)10-5-9-3-2-4-18-13(9)6-12(10)16/h2-6H,1H3,(H2,19,20,21,22). The van der Waals surface area contributed by atoms with Crippen LogP contribution in [0.3, 0.4) is 0 Å². The van der Waals surface area contributed by atoms with Crippen molar-refractivity contribution in [3.05, 3.63) is 53.1 Å². The summed E-state index contributed by atoms with van der Waals surface area (Å²) in [5.41, 5.74) is 1.08. The number of halogens is 1. The number of H-pyrrole nitrogens is 1. The lowest BCUT2D eigenvalue weighted by Gasteiger charge is -2.05. The third kappa shape index (κ3) is 2.27. The second kappa shape index (κ2) is 5.26. The first-order valence-electron chi connectivity index (χ1n) is 6.41. The van der Waals surface area contributed by atoms with E-state index in [1.165, 1.54) is 12.1 Å². The van der Waals surface area contributed by atoms with Gasteiger partial charge in [0, 0.05) is 17.6 Å². The SMILES string of the molecule is Cc1[nH]nc(NC(=O)c2cc3cccnc3cc2F)c1C#N. The number of aromatic nitrogens is 3.